The minimum absolute atomic E-state index is 0.0151. The Morgan fingerprint density at radius 2 is 1.06 bits per heavy atom. The van der Waals surface area contributed by atoms with Gasteiger partial charge < -0.3 is 73.4 Å². The van der Waals surface area contributed by atoms with Crippen LogP contribution in [0.25, 0.3) is 6.08 Å². The van der Waals surface area contributed by atoms with Crippen LogP contribution in [-0.4, -0.2) is 193 Å². The standard InChI is InChI=1S/C56H87F4N5O15S/c1-5-15-65(16-9-14-63-50(67)41-56(2,3)4)55(69)42-37-47-46(64-48(61)38-42)39-43(81-47)10-7-6-8-13-62-49(66)11-17-70-19-21-72-23-25-74-27-29-76-31-33-78-35-36-79-34-32-77-30-28-75-26-24-73-22-20-71-18-12-51(68)80-54-52(59)44(57)40-45(58)53(54)60/h37,39-40H,5-36,38,41H2,1-4H3,(H2,61,64)(H,62,66)(H,63,67). The van der Waals surface area contributed by atoms with Gasteiger partial charge in [0.2, 0.25) is 35.1 Å². The second-order valence-corrected chi connectivity index (χ2v) is 20.9. The molecule has 20 nitrogen and oxygen atoms in total. The van der Waals surface area contributed by atoms with Crippen molar-refractivity contribution in [1.82, 2.24) is 15.5 Å². The number of nitrogens with two attached hydrogens (primary N) is 1. The Morgan fingerprint density at radius 3 is 1.54 bits per heavy atom. The number of unbranched alkanes of at least 4 members (excludes halogenated alkanes) is 2. The minimum Gasteiger partial charge on any atom is -0.420 e. The third kappa shape index (κ3) is 33.3. The van der Waals surface area contributed by atoms with Crippen LogP contribution < -0.4 is 21.1 Å². The number of nitrogens with zero attached hydrogens (tertiary/aromatic N) is 2. The second-order valence-electron chi connectivity index (χ2n) is 19.7. The molecule has 1 aromatic heterocycles. The summed E-state index contributed by atoms with van der Waals surface area (Å²) in [6.07, 6.45) is 7.68. The van der Waals surface area contributed by atoms with Gasteiger partial charge in [0.1, 0.15) is 5.84 Å². The number of hydrogen-bond acceptors (Lipinski definition) is 18. The van der Waals surface area contributed by atoms with E-state index in [9.17, 15) is 36.7 Å². The van der Waals surface area contributed by atoms with Gasteiger partial charge in [-0.25, -0.2) is 13.8 Å². The minimum atomic E-state index is -1.80. The molecular weight excluding hydrogens is 1090 g/mol. The van der Waals surface area contributed by atoms with Crippen LogP contribution in [-0.2, 0) is 73.0 Å². The van der Waals surface area contributed by atoms with E-state index in [1.54, 1.807) is 11.3 Å². The number of halogens is 4. The molecule has 0 spiro atoms. The van der Waals surface area contributed by atoms with Crippen LogP contribution >= 0.6 is 11.3 Å². The van der Waals surface area contributed by atoms with Crippen LogP contribution in [0.2, 0.25) is 0 Å². The molecule has 0 bridgehead atoms. The Hall–Kier alpha value is -4.67. The first-order chi connectivity index (χ1) is 39.1. The van der Waals surface area contributed by atoms with Crippen molar-refractivity contribution in [1.29, 1.82) is 0 Å². The van der Waals surface area contributed by atoms with E-state index in [1.807, 2.05) is 38.7 Å². The van der Waals surface area contributed by atoms with Gasteiger partial charge in [0.05, 0.1) is 149 Å². The predicted molar refractivity (Wildman–Crippen MR) is 297 cm³/mol. The number of nitrogens with one attached hydrogen (secondary N) is 2. The fourth-order valence-corrected chi connectivity index (χ4v) is 8.56. The molecule has 4 N–H and O–H groups in total. The Kier molecular flexibility index (Phi) is 37.5. The maximum Gasteiger partial charge on any atom is 0.313 e. The number of rotatable bonds is 48. The Balaban J connectivity index is 1.02. The normalized spacial score (nSPS) is 12.4. The number of esters is 1. The number of aliphatic imine (C=N–C) groups is 1. The lowest BCUT2D eigenvalue weighted by molar-refractivity contribution is -0.136. The maximum atomic E-state index is 13.7. The summed E-state index contributed by atoms with van der Waals surface area (Å²) >= 11 is 1.64. The van der Waals surface area contributed by atoms with Gasteiger partial charge in [-0.2, -0.15) is 8.78 Å². The fraction of sp³-hybridized carbons (Fsp3) is 0.696. The molecule has 0 atom stereocenters. The molecule has 0 saturated heterocycles. The molecule has 2 heterocycles. The molecule has 0 aliphatic carbocycles. The molecule has 0 unspecified atom stereocenters. The predicted octanol–water partition coefficient (Wildman–Crippen LogP) is 6.64. The largest absolute Gasteiger partial charge is 0.420 e. The molecule has 3 rings (SSSR count). The number of amides is 3. The third-order valence-electron chi connectivity index (χ3n) is 11.4. The van der Waals surface area contributed by atoms with Crippen LogP contribution in [0.4, 0.5) is 23.2 Å². The maximum absolute atomic E-state index is 13.7. The molecule has 2 aromatic rings. The quantitative estimate of drug-likeness (QED) is 0.0207. The molecule has 0 saturated carbocycles. The Bertz CT molecular complexity index is 2160. The van der Waals surface area contributed by atoms with Gasteiger partial charge in [-0.05, 0) is 49.7 Å². The molecule has 460 valence electrons. The summed E-state index contributed by atoms with van der Waals surface area (Å²) < 4.78 is 112. The smallest absolute Gasteiger partial charge is 0.313 e. The Labute approximate surface area is 478 Å². The van der Waals surface area contributed by atoms with Crippen molar-refractivity contribution in [3.8, 4) is 5.75 Å². The summed E-state index contributed by atoms with van der Waals surface area (Å²) in [6.45, 7) is 17.2. The topological polar surface area (TPSA) is 235 Å². The highest BCUT2D eigenvalue weighted by molar-refractivity contribution is 7.13. The molecule has 25 heteroatoms. The number of thiophene rings is 1. The number of carbonyl (C=O) groups is 4. The lowest BCUT2D eigenvalue weighted by atomic mass is 9.92. The third-order valence-corrected chi connectivity index (χ3v) is 12.5. The van der Waals surface area contributed by atoms with Crippen molar-refractivity contribution in [3.63, 3.8) is 0 Å². The van der Waals surface area contributed by atoms with Crippen molar-refractivity contribution in [2.45, 2.75) is 91.9 Å². The van der Waals surface area contributed by atoms with Crippen LogP contribution in [0.5, 0.6) is 5.75 Å². The van der Waals surface area contributed by atoms with E-state index in [2.05, 4.69) is 26.4 Å². The average Bonchev–Trinajstić information content (AvgIpc) is 3.75. The lowest BCUT2D eigenvalue weighted by Gasteiger charge is -2.24. The summed E-state index contributed by atoms with van der Waals surface area (Å²) in [4.78, 5) is 58.5. The molecule has 1 aliphatic rings. The summed E-state index contributed by atoms with van der Waals surface area (Å²) in [5, 5.41) is 5.94. The van der Waals surface area contributed by atoms with Crippen molar-refractivity contribution in [2.24, 2.45) is 16.1 Å². The highest BCUT2D eigenvalue weighted by atomic mass is 32.1. The van der Waals surface area contributed by atoms with Gasteiger partial charge in [-0.1, -0.05) is 34.1 Å². The zero-order valence-corrected chi connectivity index (χ0v) is 48.6. The van der Waals surface area contributed by atoms with Gasteiger partial charge in [0, 0.05) is 62.0 Å². The van der Waals surface area contributed by atoms with E-state index in [-0.39, 0.29) is 62.1 Å². The van der Waals surface area contributed by atoms with Crippen molar-refractivity contribution < 1.29 is 88.8 Å². The number of fused-ring (bicyclic) bond motifs is 1. The number of hydrogen-bond donors (Lipinski definition) is 3. The highest BCUT2D eigenvalue weighted by Gasteiger charge is 2.25. The molecule has 0 radical (unpaired) electrons. The van der Waals surface area contributed by atoms with E-state index in [0.717, 1.165) is 42.7 Å². The molecule has 0 fully saturated rings. The first kappa shape index (κ1) is 70.6. The first-order valence-electron chi connectivity index (χ1n) is 27.9. The first-order valence-corrected chi connectivity index (χ1v) is 28.7. The van der Waals surface area contributed by atoms with E-state index >= 15 is 0 Å². The molecule has 1 aromatic carbocycles. The zero-order valence-electron chi connectivity index (χ0n) is 47.8. The number of amidine groups is 1. The van der Waals surface area contributed by atoms with Crippen LogP contribution in [0.1, 0.15) is 95.2 Å². The lowest BCUT2D eigenvalue weighted by Crippen LogP contribution is -2.36. The number of aryl methyl sites for hydroxylation is 1. The highest BCUT2D eigenvalue weighted by Crippen LogP contribution is 2.36. The van der Waals surface area contributed by atoms with Gasteiger partial charge >= 0.3 is 5.97 Å². The monoisotopic (exact) mass is 1180 g/mol. The van der Waals surface area contributed by atoms with Crippen LogP contribution in [0.3, 0.4) is 0 Å². The number of benzene rings is 1. The average molecular weight is 1180 g/mol. The molecule has 3 amide bonds. The summed E-state index contributed by atoms with van der Waals surface area (Å²) in [6, 6.07) is 2.07. The molecule has 1 aliphatic heterocycles. The molecular formula is C56H87F4N5O15S. The van der Waals surface area contributed by atoms with Gasteiger partial charge in [-0.15, -0.1) is 11.3 Å². The van der Waals surface area contributed by atoms with Gasteiger partial charge in [0.15, 0.2) is 11.6 Å². The summed E-state index contributed by atoms with van der Waals surface area (Å²) in [5.74, 6) is -9.19. The molecule has 81 heavy (non-hydrogen) atoms. The number of ether oxygens (including phenoxy) is 11. The second kappa shape index (κ2) is 43.0. The van der Waals surface area contributed by atoms with E-state index < -0.39 is 41.4 Å². The summed E-state index contributed by atoms with van der Waals surface area (Å²) in [5.41, 5.74) is 7.63. The van der Waals surface area contributed by atoms with Crippen molar-refractivity contribution >= 4 is 52.6 Å². The van der Waals surface area contributed by atoms with E-state index in [0.29, 0.717) is 163 Å². The summed E-state index contributed by atoms with van der Waals surface area (Å²) in [7, 11) is 0. The fourth-order valence-electron chi connectivity index (χ4n) is 7.45. The zero-order chi connectivity index (χ0) is 58.9. The SMILES string of the molecule is CCCN(CCCNC(=O)CC(C)(C)C)C(=O)C1=Cc2sc(CCCCCNC(=O)CCOCCOCCOCCOCCOCCOCCOCCOCCOCCOCCC(=O)Oc3c(F)c(F)cc(F)c3F)cc2N=C(N)C1. The number of carbonyl (C=O) groups excluding carboxylic acids is 4. The van der Waals surface area contributed by atoms with Crippen LogP contribution in [0, 0.1) is 28.7 Å². The Morgan fingerprint density at radius 1 is 0.605 bits per heavy atom. The van der Waals surface area contributed by atoms with Gasteiger partial charge in [0.25, 0.3) is 0 Å². The van der Waals surface area contributed by atoms with E-state index in [4.69, 9.17) is 53.1 Å². The van der Waals surface area contributed by atoms with Crippen LogP contribution in [0.15, 0.2) is 22.7 Å². The van der Waals surface area contributed by atoms with Crippen molar-refractivity contribution in [2.75, 3.05) is 158 Å². The van der Waals surface area contributed by atoms with E-state index in [1.165, 1.54) is 4.88 Å². The van der Waals surface area contributed by atoms with Crippen molar-refractivity contribution in [3.05, 3.63) is 50.7 Å². The van der Waals surface area contributed by atoms with Gasteiger partial charge in [-0.3, -0.25) is 19.2 Å².